The number of benzene rings is 1. The van der Waals surface area contributed by atoms with E-state index in [0.717, 1.165) is 27.4 Å². The van der Waals surface area contributed by atoms with Crippen molar-refractivity contribution in [1.29, 1.82) is 0 Å². The van der Waals surface area contributed by atoms with Gasteiger partial charge in [0.25, 0.3) is 0 Å². The molecule has 0 spiro atoms. The number of pyridine rings is 1. The van der Waals surface area contributed by atoms with E-state index >= 15 is 0 Å². The highest BCUT2D eigenvalue weighted by Gasteiger charge is 2.03. The molecular formula is C14H15BrN2O2. The number of rotatable bonds is 5. The van der Waals surface area contributed by atoms with Gasteiger partial charge < -0.3 is 14.8 Å². The molecule has 0 fully saturated rings. The maximum absolute atomic E-state index is 5.24. The average Bonchev–Trinajstić information content (AvgIpc) is 2.46. The Balaban J connectivity index is 2.13. The second-order valence-electron chi connectivity index (χ2n) is 3.92. The summed E-state index contributed by atoms with van der Waals surface area (Å²) < 4.78 is 11.3. The summed E-state index contributed by atoms with van der Waals surface area (Å²) in [6.07, 6.45) is 1.74. The second kappa shape index (κ2) is 6.43. The smallest absolute Gasteiger partial charge is 0.129 e. The van der Waals surface area contributed by atoms with Crippen LogP contribution in [-0.4, -0.2) is 19.2 Å². The van der Waals surface area contributed by atoms with Crippen LogP contribution in [-0.2, 0) is 6.54 Å². The minimum Gasteiger partial charge on any atom is -0.497 e. The molecule has 0 saturated heterocycles. The Morgan fingerprint density at radius 1 is 1.16 bits per heavy atom. The van der Waals surface area contributed by atoms with Crippen molar-refractivity contribution >= 4 is 21.6 Å². The lowest BCUT2D eigenvalue weighted by Crippen LogP contribution is -2.01. The first kappa shape index (κ1) is 13.7. The zero-order chi connectivity index (χ0) is 13.7. The lowest BCUT2D eigenvalue weighted by atomic mass is 10.2. The fourth-order valence-electron chi connectivity index (χ4n) is 1.68. The largest absolute Gasteiger partial charge is 0.497 e. The highest BCUT2D eigenvalue weighted by Crippen LogP contribution is 2.24. The Morgan fingerprint density at radius 2 is 1.84 bits per heavy atom. The minimum atomic E-state index is 0.665. The molecule has 5 heteroatoms. The summed E-state index contributed by atoms with van der Waals surface area (Å²) in [5, 5.41) is 3.31. The summed E-state index contributed by atoms with van der Waals surface area (Å²) in [6, 6.07) is 9.65. The number of nitrogens with one attached hydrogen (secondary N) is 1. The van der Waals surface area contributed by atoms with Crippen LogP contribution in [0.4, 0.5) is 5.69 Å². The first-order valence-electron chi connectivity index (χ1n) is 5.79. The Kier molecular flexibility index (Phi) is 4.63. The molecule has 0 saturated carbocycles. The van der Waals surface area contributed by atoms with Crippen molar-refractivity contribution < 1.29 is 9.47 Å². The van der Waals surface area contributed by atoms with Gasteiger partial charge in [-0.05, 0) is 45.8 Å². The van der Waals surface area contributed by atoms with Gasteiger partial charge in [0.05, 0.1) is 19.9 Å². The zero-order valence-electron chi connectivity index (χ0n) is 10.8. The van der Waals surface area contributed by atoms with Crippen LogP contribution in [0.3, 0.4) is 0 Å². The SMILES string of the molecule is COc1cc(CNc2cccnc2Br)cc(OC)c1. The topological polar surface area (TPSA) is 43.4 Å². The highest BCUT2D eigenvalue weighted by atomic mass is 79.9. The van der Waals surface area contributed by atoms with Crippen molar-refractivity contribution in [3.05, 3.63) is 46.7 Å². The van der Waals surface area contributed by atoms with Crippen molar-refractivity contribution in [3.63, 3.8) is 0 Å². The van der Waals surface area contributed by atoms with Gasteiger partial charge in [-0.25, -0.2) is 4.98 Å². The number of halogens is 1. The van der Waals surface area contributed by atoms with Crippen molar-refractivity contribution in [1.82, 2.24) is 4.98 Å². The zero-order valence-corrected chi connectivity index (χ0v) is 12.4. The lowest BCUT2D eigenvalue weighted by molar-refractivity contribution is 0.393. The van der Waals surface area contributed by atoms with Gasteiger partial charge in [-0.15, -0.1) is 0 Å². The Labute approximate surface area is 120 Å². The van der Waals surface area contributed by atoms with Crippen molar-refractivity contribution in [2.75, 3.05) is 19.5 Å². The number of aromatic nitrogens is 1. The Hall–Kier alpha value is -1.75. The molecule has 19 heavy (non-hydrogen) atoms. The molecule has 1 heterocycles. The highest BCUT2D eigenvalue weighted by molar-refractivity contribution is 9.10. The van der Waals surface area contributed by atoms with E-state index < -0.39 is 0 Å². The van der Waals surface area contributed by atoms with Crippen LogP contribution < -0.4 is 14.8 Å². The summed E-state index contributed by atoms with van der Waals surface area (Å²) in [5.41, 5.74) is 2.02. The van der Waals surface area contributed by atoms with Crippen LogP contribution in [0.25, 0.3) is 0 Å². The minimum absolute atomic E-state index is 0.665. The van der Waals surface area contributed by atoms with Crippen LogP contribution in [0.5, 0.6) is 11.5 Å². The molecule has 0 aliphatic carbocycles. The van der Waals surface area contributed by atoms with Gasteiger partial charge in [-0.2, -0.15) is 0 Å². The summed E-state index contributed by atoms with van der Waals surface area (Å²) >= 11 is 3.40. The van der Waals surface area contributed by atoms with E-state index in [9.17, 15) is 0 Å². The van der Waals surface area contributed by atoms with Gasteiger partial charge in [-0.1, -0.05) is 0 Å². The number of anilines is 1. The molecule has 0 aliphatic rings. The standard InChI is InChI=1S/C14H15BrN2O2/c1-18-11-6-10(7-12(8-11)19-2)9-17-13-4-3-5-16-14(13)15/h3-8,17H,9H2,1-2H3. The van der Waals surface area contributed by atoms with Gasteiger partial charge in [0.15, 0.2) is 0 Å². The van der Waals surface area contributed by atoms with E-state index in [1.54, 1.807) is 20.4 Å². The maximum atomic E-state index is 5.24. The predicted octanol–water partition coefficient (Wildman–Crippen LogP) is 3.47. The van der Waals surface area contributed by atoms with Crippen molar-refractivity contribution in [2.24, 2.45) is 0 Å². The summed E-state index contributed by atoms with van der Waals surface area (Å²) in [5.74, 6) is 1.56. The van der Waals surface area contributed by atoms with E-state index in [1.807, 2.05) is 30.3 Å². The molecule has 1 aromatic carbocycles. The first-order chi connectivity index (χ1) is 9.22. The van der Waals surface area contributed by atoms with E-state index in [1.165, 1.54) is 0 Å². The third-order valence-corrected chi connectivity index (χ3v) is 3.29. The molecule has 0 amide bonds. The lowest BCUT2D eigenvalue weighted by Gasteiger charge is -2.11. The molecule has 1 aromatic heterocycles. The van der Waals surface area contributed by atoms with Gasteiger partial charge in [0.1, 0.15) is 16.1 Å². The summed E-state index contributed by atoms with van der Waals surface area (Å²) in [7, 11) is 3.29. The van der Waals surface area contributed by atoms with E-state index in [0.29, 0.717) is 6.54 Å². The molecule has 2 aromatic rings. The third-order valence-electron chi connectivity index (χ3n) is 2.65. The maximum Gasteiger partial charge on any atom is 0.129 e. The molecule has 1 N–H and O–H groups in total. The predicted molar refractivity (Wildman–Crippen MR) is 78.8 cm³/mol. The molecular weight excluding hydrogens is 308 g/mol. The molecule has 0 unspecified atom stereocenters. The molecule has 2 rings (SSSR count). The van der Waals surface area contributed by atoms with Gasteiger partial charge in [-0.3, -0.25) is 0 Å². The number of hydrogen-bond donors (Lipinski definition) is 1. The fourth-order valence-corrected chi connectivity index (χ4v) is 2.07. The molecule has 4 nitrogen and oxygen atoms in total. The molecule has 0 aliphatic heterocycles. The van der Waals surface area contributed by atoms with E-state index in [-0.39, 0.29) is 0 Å². The van der Waals surface area contributed by atoms with Crippen LogP contribution in [0.15, 0.2) is 41.1 Å². The monoisotopic (exact) mass is 322 g/mol. The molecule has 100 valence electrons. The first-order valence-corrected chi connectivity index (χ1v) is 6.58. The quantitative estimate of drug-likeness (QED) is 0.856. The number of hydrogen-bond acceptors (Lipinski definition) is 4. The van der Waals surface area contributed by atoms with Crippen LogP contribution >= 0.6 is 15.9 Å². The molecule has 0 bridgehead atoms. The second-order valence-corrected chi connectivity index (χ2v) is 4.67. The number of ether oxygens (including phenoxy) is 2. The molecule has 0 radical (unpaired) electrons. The summed E-state index contributed by atoms with van der Waals surface area (Å²) in [4.78, 5) is 4.16. The number of methoxy groups -OCH3 is 2. The Bertz CT molecular complexity index is 539. The van der Waals surface area contributed by atoms with E-state index in [4.69, 9.17) is 9.47 Å². The van der Waals surface area contributed by atoms with Crippen LogP contribution in [0.2, 0.25) is 0 Å². The average molecular weight is 323 g/mol. The normalized spacial score (nSPS) is 10.1. The van der Waals surface area contributed by atoms with Gasteiger partial charge in [0.2, 0.25) is 0 Å². The van der Waals surface area contributed by atoms with Crippen molar-refractivity contribution in [2.45, 2.75) is 6.54 Å². The van der Waals surface area contributed by atoms with E-state index in [2.05, 4.69) is 26.2 Å². The fraction of sp³-hybridized carbons (Fsp3) is 0.214. The van der Waals surface area contributed by atoms with Crippen LogP contribution in [0.1, 0.15) is 5.56 Å². The number of nitrogens with zero attached hydrogens (tertiary/aromatic N) is 1. The van der Waals surface area contributed by atoms with Crippen LogP contribution in [0, 0.1) is 0 Å². The third kappa shape index (κ3) is 3.61. The van der Waals surface area contributed by atoms with Gasteiger partial charge >= 0.3 is 0 Å². The molecule has 0 atom stereocenters. The Morgan fingerprint density at radius 3 is 2.42 bits per heavy atom. The summed E-state index contributed by atoms with van der Waals surface area (Å²) in [6.45, 7) is 0.665. The van der Waals surface area contributed by atoms with Gasteiger partial charge in [0, 0.05) is 18.8 Å². The van der Waals surface area contributed by atoms with Crippen molar-refractivity contribution in [3.8, 4) is 11.5 Å².